The molecule has 0 aliphatic rings. The predicted octanol–water partition coefficient (Wildman–Crippen LogP) is 3.40. The van der Waals surface area contributed by atoms with Gasteiger partial charge in [-0.15, -0.1) is 11.8 Å². The van der Waals surface area contributed by atoms with Crippen LogP contribution in [0, 0.1) is 0 Å². The van der Waals surface area contributed by atoms with Gasteiger partial charge < -0.3 is 10.5 Å². The van der Waals surface area contributed by atoms with Gasteiger partial charge in [-0.25, -0.2) is 0 Å². The molecule has 2 N–H and O–H groups in total. The second-order valence-corrected chi connectivity index (χ2v) is 7.99. The van der Waals surface area contributed by atoms with Gasteiger partial charge in [0.25, 0.3) is 0 Å². The topological polar surface area (TPSA) is 52.3 Å². The summed E-state index contributed by atoms with van der Waals surface area (Å²) in [7, 11) is 0. The van der Waals surface area contributed by atoms with Crippen molar-refractivity contribution in [2.75, 3.05) is 6.54 Å². The van der Waals surface area contributed by atoms with E-state index in [1.165, 1.54) is 17.3 Å². The molecule has 0 spiro atoms. The van der Waals surface area contributed by atoms with Gasteiger partial charge in [0.1, 0.15) is 10.3 Å². The minimum atomic E-state index is -0.608. The van der Waals surface area contributed by atoms with Gasteiger partial charge in [0.15, 0.2) is 0 Å². The Hall–Kier alpha value is -1.00. The first-order valence-electron chi connectivity index (χ1n) is 6.85. The number of carbonyl (C=O) groups excluding carboxylic acids is 1. The first-order chi connectivity index (χ1) is 9.14. The third-order valence-electron chi connectivity index (χ3n) is 2.62. The fourth-order valence-corrected chi connectivity index (χ4v) is 2.61. The summed E-state index contributed by atoms with van der Waals surface area (Å²) in [5.74, 6) is -0.193. The summed E-state index contributed by atoms with van der Waals surface area (Å²) in [4.78, 5) is 13.3. The second kappa shape index (κ2) is 6.64. The maximum absolute atomic E-state index is 12.2. The molecule has 0 radical (unpaired) electrons. The zero-order valence-electron chi connectivity index (χ0n) is 13.0. The number of ether oxygens (including phenoxy) is 1. The quantitative estimate of drug-likeness (QED) is 0.668. The third kappa shape index (κ3) is 5.55. The molecule has 0 aromatic heterocycles. The summed E-state index contributed by atoms with van der Waals surface area (Å²) in [6.45, 7) is 10.1. The van der Waals surface area contributed by atoms with Crippen LogP contribution in [-0.4, -0.2) is 22.9 Å². The molecule has 0 saturated heterocycles. The van der Waals surface area contributed by atoms with Crippen molar-refractivity contribution in [1.29, 1.82) is 0 Å². The van der Waals surface area contributed by atoms with Crippen molar-refractivity contribution in [1.82, 2.24) is 0 Å². The molecular weight excluding hydrogens is 270 g/mol. The second-order valence-electron chi connectivity index (χ2n) is 6.30. The zero-order chi connectivity index (χ0) is 15.4. The van der Waals surface area contributed by atoms with E-state index in [2.05, 4.69) is 12.1 Å². The van der Waals surface area contributed by atoms with Crippen LogP contribution in [0.2, 0.25) is 0 Å². The summed E-state index contributed by atoms with van der Waals surface area (Å²) >= 11 is 1.52. The number of hydrogen-bond donors (Lipinski definition) is 1. The van der Waals surface area contributed by atoms with Crippen LogP contribution >= 0.6 is 11.8 Å². The van der Waals surface area contributed by atoms with Crippen LogP contribution in [0.1, 0.15) is 40.2 Å². The first kappa shape index (κ1) is 17.1. The van der Waals surface area contributed by atoms with Gasteiger partial charge >= 0.3 is 5.97 Å². The van der Waals surface area contributed by atoms with Crippen LogP contribution in [0.3, 0.4) is 0 Å². The molecular formula is C16H25NO2S. The molecule has 0 aliphatic heterocycles. The van der Waals surface area contributed by atoms with E-state index in [9.17, 15) is 4.79 Å². The van der Waals surface area contributed by atoms with Crippen molar-refractivity contribution in [3.63, 3.8) is 0 Å². The van der Waals surface area contributed by atoms with Crippen LogP contribution in [-0.2, 0) is 16.0 Å². The van der Waals surface area contributed by atoms with Crippen LogP contribution in [0.5, 0.6) is 0 Å². The van der Waals surface area contributed by atoms with Gasteiger partial charge in [0.2, 0.25) is 0 Å². The van der Waals surface area contributed by atoms with Crippen molar-refractivity contribution >= 4 is 17.7 Å². The highest BCUT2D eigenvalue weighted by atomic mass is 32.2. The molecule has 0 saturated carbocycles. The largest absolute Gasteiger partial charge is 0.459 e. The molecule has 3 nitrogen and oxygen atoms in total. The van der Waals surface area contributed by atoms with Gasteiger partial charge in [0, 0.05) is 4.90 Å². The number of benzene rings is 1. The van der Waals surface area contributed by atoms with E-state index in [4.69, 9.17) is 10.5 Å². The van der Waals surface area contributed by atoms with Gasteiger partial charge in [-0.1, -0.05) is 12.1 Å². The van der Waals surface area contributed by atoms with Crippen molar-refractivity contribution < 1.29 is 9.53 Å². The van der Waals surface area contributed by atoms with Crippen molar-refractivity contribution in [3.8, 4) is 0 Å². The first-order valence-corrected chi connectivity index (χ1v) is 7.67. The number of hydrogen-bond acceptors (Lipinski definition) is 4. The highest BCUT2D eigenvalue weighted by Gasteiger charge is 2.33. The average molecular weight is 295 g/mol. The van der Waals surface area contributed by atoms with Crippen LogP contribution in [0.25, 0.3) is 0 Å². The molecule has 0 bridgehead atoms. The molecule has 0 amide bonds. The van der Waals surface area contributed by atoms with E-state index in [-0.39, 0.29) is 5.97 Å². The number of thioether (sulfide) groups is 1. The molecule has 0 aliphatic carbocycles. The number of carbonyl (C=O) groups is 1. The molecule has 0 atom stereocenters. The lowest BCUT2D eigenvalue weighted by molar-refractivity contribution is -0.156. The van der Waals surface area contributed by atoms with E-state index < -0.39 is 10.3 Å². The van der Waals surface area contributed by atoms with Crippen LogP contribution < -0.4 is 5.73 Å². The van der Waals surface area contributed by atoms with E-state index in [1.54, 1.807) is 0 Å². The Kier molecular flexibility index (Phi) is 5.66. The Morgan fingerprint density at radius 3 is 2.15 bits per heavy atom. The SMILES string of the molecule is CC(C)(C)OC(=O)C(C)(C)Sc1ccc(CCN)cc1. The normalized spacial score (nSPS) is 12.3. The van der Waals surface area contributed by atoms with Crippen molar-refractivity contribution in [3.05, 3.63) is 29.8 Å². The van der Waals surface area contributed by atoms with E-state index in [1.807, 2.05) is 46.8 Å². The Labute approximate surface area is 126 Å². The maximum atomic E-state index is 12.2. The summed E-state index contributed by atoms with van der Waals surface area (Å²) in [5.41, 5.74) is 6.29. The standard InChI is InChI=1S/C16H25NO2S/c1-15(2,3)19-14(18)16(4,5)20-13-8-6-12(7-9-13)10-11-17/h6-9H,10-11,17H2,1-5H3. The van der Waals surface area contributed by atoms with E-state index >= 15 is 0 Å². The van der Waals surface area contributed by atoms with Crippen LogP contribution in [0.15, 0.2) is 29.2 Å². The molecule has 0 fully saturated rings. The number of esters is 1. The summed E-state index contributed by atoms with van der Waals surface area (Å²) in [5, 5.41) is 0. The minimum Gasteiger partial charge on any atom is -0.459 e. The Bertz CT molecular complexity index is 447. The zero-order valence-corrected chi connectivity index (χ0v) is 13.8. The minimum absolute atomic E-state index is 0.193. The van der Waals surface area contributed by atoms with E-state index in [0.717, 1.165) is 11.3 Å². The van der Waals surface area contributed by atoms with Crippen molar-refractivity contribution in [2.24, 2.45) is 5.73 Å². The van der Waals surface area contributed by atoms with Gasteiger partial charge in [0.05, 0.1) is 0 Å². The Balaban J connectivity index is 2.72. The highest BCUT2D eigenvalue weighted by molar-refractivity contribution is 8.01. The monoisotopic (exact) mass is 295 g/mol. The van der Waals surface area contributed by atoms with Gasteiger partial charge in [-0.3, -0.25) is 4.79 Å². The molecule has 1 aromatic rings. The molecule has 0 heterocycles. The van der Waals surface area contributed by atoms with Gasteiger partial charge in [-0.05, 0) is 65.3 Å². The lowest BCUT2D eigenvalue weighted by Gasteiger charge is -2.28. The lowest BCUT2D eigenvalue weighted by atomic mass is 10.1. The molecule has 1 aromatic carbocycles. The highest BCUT2D eigenvalue weighted by Crippen LogP contribution is 2.34. The van der Waals surface area contributed by atoms with Crippen LogP contribution in [0.4, 0.5) is 0 Å². The fraction of sp³-hybridized carbons (Fsp3) is 0.562. The number of nitrogens with two attached hydrogens (primary N) is 1. The number of rotatable bonds is 5. The fourth-order valence-electron chi connectivity index (χ4n) is 1.63. The average Bonchev–Trinajstić information content (AvgIpc) is 2.29. The lowest BCUT2D eigenvalue weighted by Crippen LogP contribution is -2.36. The van der Waals surface area contributed by atoms with Gasteiger partial charge in [-0.2, -0.15) is 0 Å². The third-order valence-corrected chi connectivity index (χ3v) is 3.80. The van der Waals surface area contributed by atoms with Crippen molar-refractivity contribution in [2.45, 2.75) is 56.3 Å². The molecule has 0 unspecified atom stereocenters. The molecule has 4 heteroatoms. The van der Waals surface area contributed by atoms with E-state index in [0.29, 0.717) is 6.54 Å². The summed E-state index contributed by atoms with van der Waals surface area (Å²) in [6, 6.07) is 8.17. The smallest absolute Gasteiger partial charge is 0.322 e. The summed E-state index contributed by atoms with van der Waals surface area (Å²) in [6.07, 6.45) is 0.875. The predicted molar refractivity (Wildman–Crippen MR) is 85.0 cm³/mol. The molecule has 112 valence electrons. The maximum Gasteiger partial charge on any atom is 0.322 e. The Morgan fingerprint density at radius 1 is 1.15 bits per heavy atom. The molecule has 20 heavy (non-hydrogen) atoms. The molecule has 1 rings (SSSR count). The summed E-state index contributed by atoms with van der Waals surface area (Å²) < 4.78 is 4.85. The Morgan fingerprint density at radius 2 is 1.70 bits per heavy atom.